The van der Waals surface area contributed by atoms with Crippen LogP contribution in [0, 0.1) is 12.8 Å². The van der Waals surface area contributed by atoms with Crippen LogP contribution in [-0.2, 0) is 6.54 Å². The first-order valence-electron chi connectivity index (χ1n) is 5.86. The fraction of sp³-hybridized carbons (Fsp3) is 0.538. The van der Waals surface area contributed by atoms with E-state index in [2.05, 4.69) is 46.4 Å². The Morgan fingerprint density at radius 3 is 2.88 bits per heavy atom. The van der Waals surface area contributed by atoms with Crippen molar-refractivity contribution in [1.29, 1.82) is 0 Å². The molecule has 0 bridgehead atoms. The second-order valence-corrected chi connectivity index (χ2v) is 5.71. The fourth-order valence-corrected chi connectivity index (χ4v) is 2.60. The third kappa shape index (κ3) is 3.06. The van der Waals surface area contributed by atoms with Gasteiger partial charge in [0, 0.05) is 17.1 Å². The molecule has 3 N–H and O–H groups in total. The van der Waals surface area contributed by atoms with Gasteiger partial charge in [0.05, 0.1) is 0 Å². The van der Waals surface area contributed by atoms with E-state index < -0.39 is 0 Å². The zero-order valence-electron chi connectivity index (χ0n) is 9.67. The summed E-state index contributed by atoms with van der Waals surface area (Å²) in [6.45, 7) is 4.21. The molecule has 1 fully saturated rings. The van der Waals surface area contributed by atoms with E-state index in [0.717, 1.165) is 23.5 Å². The van der Waals surface area contributed by atoms with Crippen molar-refractivity contribution in [1.82, 2.24) is 5.32 Å². The van der Waals surface area contributed by atoms with Crippen LogP contribution in [0.2, 0.25) is 0 Å². The van der Waals surface area contributed by atoms with Gasteiger partial charge in [-0.1, -0.05) is 22.0 Å². The number of hydrogen-bond acceptors (Lipinski definition) is 2. The summed E-state index contributed by atoms with van der Waals surface area (Å²) in [5.41, 5.74) is 8.48. The topological polar surface area (TPSA) is 38.0 Å². The predicted molar refractivity (Wildman–Crippen MR) is 71.3 cm³/mol. The first kappa shape index (κ1) is 12.1. The molecular weight excluding hydrogens is 264 g/mol. The smallest absolute Gasteiger partial charge is 0.0208 e. The van der Waals surface area contributed by atoms with E-state index in [1.54, 1.807) is 0 Å². The molecule has 0 unspecified atom stereocenters. The molecule has 0 heterocycles. The maximum absolute atomic E-state index is 5.76. The summed E-state index contributed by atoms with van der Waals surface area (Å²) < 4.78 is 1.15. The van der Waals surface area contributed by atoms with Gasteiger partial charge in [-0.3, -0.25) is 0 Å². The highest BCUT2D eigenvalue weighted by molar-refractivity contribution is 9.10. The predicted octanol–water partition coefficient (Wildman–Crippen LogP) is 2.58. The largest absolute Gasteiger partial charge is 0.328 e. The van der Waals surface area contributed by atoms with Gasteiger partial charge in [0.1, 0.15) is 0 Å². The van der Waals surface area contributed by atoms with E-state index in [1.165, 1.54) is 24.0 Å². The number of nitrogens with two attached hydrogens (primary N) is 1. The van der Waals surface area contributed by atoms with Gasteiger partial charge in [0.15, 0.2) is 0 Å². The second kappa shape index (κ2) is 5.30. The molecule has 3 heteroatoms. The van der Waals surface area contributed by atoms with Gasteiger partial charge >= 0.3 is 0 Å². The maximum atomic E-state index is 5.76. The highest BCUT2D eigenvalue weighted by Crippen LogP contribution is 2.24. The van der Waals surface area contributed by atoms with Gasteiger partial charge in [-0.2, -0.15) is 0 Å². The minimum Gasteiger partial charge on any atom is -0.328 e. The summed E-state index contributed by atoms with van der Waals surface area (Å²) in [6, 6.07) is 6.89. The zero-order valence-corrected chi connectivity index (χ0v) is 11.3. The Morgan fingerprint density at radius 2 is 2.19 bits per heavy atom. The van der Waals surface area contributed by atoms with Crippen molar-refractivity contribution in [2.24, 2.45) is 11.7 Å². The first-order chi connectivity index (χ1) is 7.65. The van der Waals surface area contributed by atoms with Crippen LogP contribution in [0.15, 0.2) is 22.7 Å². The summed E-state index contributed by atoms with van der Waals surface area (Å²) in [6.07, 6.45) is 2.37. The second-order valence-electron chi connectivity index (χ2n) is 4.80. The minimum absolute atomic E-state index is 0.458. The van der Waals surface area contributed by atoms with E-state index >= 15 is 0 Å². The van der Waals surface area contributed by atoms with Crippen LogP contribution in [0.25, 0.3) is 0 Å². The lowest BCUT2D eigenvalue weighted by Gasteiger charge is -2.32. The molecule has 0 amide bonds. The normalized spacial score (nSPS) is 24.2. The quantitative estimate of drug-likeness (QED) is 0.891. The molecule has 0 atom stereocenters. The molecule has 16 heavy (non-hydrogen) atoms. The summed E-state index contributed by atoms with van der Waals surface area (Å²) in [5.74, 6) is 0.794. The van der Waals surface area contributed by atoms with E-state index in [4.69, 9.17) is 5.73 Å². The molecule has 1 aliphatic rings. The standard InChI is InChI=1S/C13H19BrN2/c1-9-2-3-12(14)6-11(9)8-16-7-10-4-13(15)5-10/h2-3,6,10,13,16H,4-5,7-8,15H2,1H3. The van der Waals surface area contributed by atoms with Gasteiger partial charge in [0.2, 0.25) is 0 Å². The van der Waals surface area contributed by atoms with Crippen molar-refractivity contribution in [2.75, 3.05) is 6.54 Å². The van der Waals surface area contributed by atoms with Crippen LogP contribution in [0.3, 0.4) is 0 Å². The van der Waals surface area contributed by atoms with Crippen LogP contribution in [0.1, 0.15) is 24.0 Å². The van der Waals surface area contributed by atoms with Crippen LogP contribution < -0.4 is 11.1 Å². The van der Waals surface area contributed by atoms with Crippen LogP contribution in [0.5, 0.6) is 0 Å². The maximum Gasteiger partial charge on any atom is 0.0208 e. The van der Waals surface area contributed by atoms with Crippen molar-refractivity contribution < 1.29 is 0 Å². The SMILES string of the molecule is Cc1ccc(Br)cc1CNCC1CC(N)C1. The number of halogens is 1. The summed E-state index contributed by atoms with van der Waals surface area (Å²) >= 11 is 3.51. The van der Waals surface area contributed by atoms with E-state index in [9.17, 15) is 0 Å². The Hall–Kier alpha value is -0.380. The number of nitrogens with one attached hydrogen (secondary N) is 1. The van der Waals surface area contributed by atoms with Crippen molar-refractivity contribution in [3.8, 4) is 0 Å². The molecule has 1 aromatic rings. The summed E-state index contributed by atoms with van der Waals surface area (Å²) in [7, 11) is 0. The average molecular weight is 283 g/mol. The lowest BCUT2D eigenvalue weighted by molar-refractivity contribution is 0.256. The Balaban J connectivity index is 1.78. The minimum atomic E-state index is 0.458. The highest BCUT2D eigenvalue weighted by atomic mass is 79.9. The Labute approximate surface area is 106 Å². The lowest BCUT2D eigenvalue weighted by Crippen LogP contribution is -2.41. The number of hydrogen-bond donors (Lipinski definition) is 2. The number of aryl methyl sites for hydroxylation is 1. The summed E-state index contributed by atoms with van der Waals surface area (Å²) in [4.78, 5) is 0. The Morgan fingerprint density at radius 1 is 1.44 bits per heavy atom. The fourth-order valence-electron chi connectivity index (χ4n) is 2.20. The molecule has 1 aliphatic carbocycles. The molecule has 0 spiro atoms. The van der Waals surface area contributed by atoms with Crippen LogP contribution in [-0.4, -0.2) is 12.6 Å². The molecule has 0 aliphatic heterocycles. The van der Waals surface area contributed by atoms with Gasteiger partial charge in [-0.25, -0.2) is 0 Å². The molecule has 0 aromatic heterocycles. The monoisotopic (exact) mass is 282 g/mol. The van der Waals surface area contributed by atoms with Crippen molar-refractivity contribution in [3.05, 3.63) is 33.8 Å². The molecule has 2 nitrogen and oxygen atoms in total. The van der Waals surface area contributed by atoms with Crippen molar-refractivity contribution >= 4 is 15.9 Å². The third-order valence-corrected chi connectivity index (χ3v) is 3.83. The third-order valence-electron chi connectivity index (χ3n) is 3.33. The molecular formula is C13H19BrN2. The van der Waals surface area contributed by atoms with Gasteiger partial charge in [-0.05, 0) is 55.5 Å². The van der Waals surface area contributed by atoms with E-state index in [0.29, 0.717) is 6.04 Å². The molecule has 88 valence electrons. The van der Waals surface area contributed by atoms with Gasteiger partial charge in [0.25, 0.3) is 0 Å². The van der Waals surface area contributed by atoms with Crippen LogP contribution >= 0.6 is 15.9 Å². The van der Waals surface area contributed by atoms with Crippen molar-refractivity contribution in [2.45, 2.75) is 32.4 Å². The zero-order chi connectivity index (χ0) is 11.5. The van der Waals surface area contributed by atoms with E-state index in [-0.39, 0.29) is 0 Å². The van der Waals surface area contributed by atoms with E-state index in [1.807, 2.05) is 0 Å². The van der Waals surface area contributed by atoms with Crippen LogP contribution in [0.4, 0.5) is 0 Å². The molecule has 1 saturated carbocycles. The molecule has 0 radical (unpaired) electrons. The van der Waals surface area contributed by atoms with Gasteiger partial charge in [-0.15, -0.1) is 0 Å². The molecule has 2 rings (SSSR count). The summed E-state index contributed by atoms with van der Waals surface area (Å²) in [5, 5.41) is 3.52. The number of rotatable bonds is 4. The lowest BCUT2D eigenvalue weighted by atomic mass is 9.81. The molecule has 0 saturated heterocycles. The van der Waals surface area contributed by atoms with Crippen molar-refractivity contribution in [3.63, 3.8) is 0 Å². The Bertz CT molecular complexity index is 359. The average Bonchev–Trinajstić information content (AvgIpc) is 2.20. The first-order valence-corrected chi connectivity index (χ1v) is 6.66. The highest BCUT2D eigenvalue weighted by Gasteiger charge is 2.24. The molecule has 1 aromatic carbocycles. The Kier molecular flexibility index (Phi) is 4.00. The number of benzene rings is 1. The van der Waals surface area contributed by atoms with Gasteiger partial charge < -0.3 is 11.1 Å².